The van der Waals surface area contributed by atoms with Crippen molar-refractivity contribution in [3.8, 4) is 0 Å². The lowest BCUT2D eigenvalue weighted by Crippen LogP contribution is -2.46. The molecule has 130 valence electrons. The van der Waals surface area contributed by atoms with Gasteiger partial charge in [0.05, 0.1) is 5.41 Å². The second-order valence-corrected chi connectivity index (χ2v) is 6.80. The summed E-state index contributed by atoms with van der Waals surface area (Å²) >= 11 is 0. The van der Waals surface area contributed by atoms with Gasteiger partial charge in [0.2, 0.25) is 5.91 Å². The largest absolute Gasteiger partial charge is 0.341 e. The first-order valence-electron chi connectivity index (χ1n) is 8.60. The number of hydrogen-bond acceptors (Lipinski definition) is 3. The van der Waals surface area contributed by atoms with E-state index in [4.69, 9.17) is 0 Å². The second kappa shape index (κ2) is 6.81. The molecule has 0 radical (unpaired) electrons. The van der Waals surface area contributed by atoms with E-state index in [1.807, 2.05) is 35.2 Å². The third-order valence-corrected chi connectivity index (χ3v) is 5.57. The zero-order chi connectivity index (χ0) is 17.2. The molecule has 0 spiro atoms. The number of carbonyl (C=O) groups excluding carboxylic acids is 2. The zero-order valence-electron chi connectivity index (χ0n) is 14.4. The van der Waals surface area contributed by atoms with Gasteiger partial charge >= 0.3 is 6.03 Å². The number of amides is 3. The van der Waals surface area contributed by atoms with Gasteiger partial charge in [-0.25, -0.2) is 4.79 Å². The van der Waals surface area contributed by atoms with E-state index in [9.17, 15) is 9.59 Å². The lowest BCUT2D eigenvalue weighted by Gasteiger charge is -2.34. The summed E-state index contributed by atoms with van der Waals surface area (Å²) in [4.78, 5) is 29.2. The van der Waals surface area contributed by atoms with Gasteiger partial charge in [-0.05, 0) is 45.0 Å². The Balaban J connectivity index is 1.81. The Morgan fingerprint density at radius 3 is 2.54 bits per heavy atom. The molecule has 3 rings (SSSR count). The molecular weight excluding hydrogens is 304 g/mol. The van der Waals surface area contributed by atoms with E-state index in [-0.39, 0.29) is 18.0 Å². The summed E-state index contributed by atoms with van der Waals surface area (Å²) in [6.45, 7) is 2.23. The van der Waals surface area contributed by atoms with Crippen molar-refractivity contribution in [1.82, 2.24) is 15.1 Å². The second-order valence-electron chi connectivity index (χ2n) is 6.80. The molecule has 6 heteroatoms. The highest BCUT2D eigenvalue weighted by Gasteiger charge is 2.52. The number of nitrogens with one attached hydrogen (secondary N) is 2. The number of likely N-dealkylation sites (tertiary alicyclic amines) is 2. The average Bonchev–Trinajstić information content (AvgIpc) is 2.80. The highest BCUT2D eigenvalue weighted by molar-refractivity contribution is 5.96. The topological polar surface area (TPSA) is 64.7 Å². The fourth-order valence-corrected chi connectivity index (χ4v) is 4.15. The number of para-hydroxylation sites is 1. The maximum absolute atomic E-state index is 13.2. The molecule has 24 heavy (non-hydrogen) atoms. The van der Waals surface area contributed by atoms with Crippen LogP contribution in [0.4, 0.5) is 10.5 Å². The van der Waals surface area contributed by atoms with E-state index in [2.05, 4.69) is 22.6 Å². The molecule has 2 saturated heterocycles. The first kappa shape index (κ1) is 16.8. The van der Waals surface area contributed by atoms with Crippen molar-refractivity contribution in [2.24, 2.45) is 5.41 Å². The summed E-state index contributed by atoms with van der Waals surface area (Å²) in [6.07, 6.45) is 2.37. The minimum absolute atomic E-state index is 0.0590. The van der Waals surface area contributed by atoms with E-state index in [0.717, 1.165) is 25.1 Å². The van der Waals surface area contributed by atoms with Gasteiger partial charge in [-0.15, -0.1) is 0 Å². The number of carbonyl (C=O) groups is 2. The molecule has 0 aromatic heterocycles. The Morgan fingerprint density at radius 2 is 1.83 bits per heavy atom. The fraction of sp³-hybridized carbons (Fsp3) is 0.556. The van der Waals surface area contributed by atoms with Gasteiger partial charge in [-0.2, -0.15) is 0 Å². The quantitative estimate of drug-likeness (QED) is 0.868. The normalized spacial score (nSPS) is 27.2. The highest BCUT2D eigenvalue weighted by atomic mass is 16.2. The van der Waals surface area contributed by atoms with Crippen LogP contribution in [0.2, 0.25) is 0 Å². The predicted octanol–water partition coefficient (Wildman–Crippen LogP) is 1.75. The van der Waals surface area contributed by atoms with Crippen LogP contribution in [0.25, 0.3) is 0 Å². The maximum Gasteiger partial charge on any atom is 0.317 e. The number of hydrogen-bond donors (Lipinski definition) is 2. The zero-order valence-corrected chi connectivity index (χ0v) is 14.4. The van der Waals surface area contributed by atoms with Gasteiger partial charge in [0.1, 0.15) is 0 Å². The number of benzene rings is 1. The number of rotatable bonds is 2. The fourth-order valence-electron chi connectivity index (χ4n) is 4.15. The molecule has 0 bridgehead atoms. The standard InChI is InChI=1S/C18H26N4O2/c1-19-17(24)22-11-8-15-18(10-13-22,9-12-21(15)2)16(23)20-14-6-4-3-5-7-14/h3-7,15H,8-13H2,1-2H3,(H,19,24)(H,20,23)/t15-,18-/m1/s1. The molecule has 1 aromatic carbocycles. The Bertz CT molecular complexity index is 606. The van der Waals surface area contributed by atoms with Crippen LogP contribution in [0.15, 0.2) is 30.3 Å². The third-order valence-electron chi connectivity index (χ3n) is 5.57. The summed E-state index contributed by atoms with van der Waals surface area (Å²) < 4.78 is 0. The van der Waals surface area contributed by atoms with Gasteiger partial charge in [0.15, 0.2) is 0 Å². The first-order chi connectivity index (χ1) is 11.6. The summed E-state index contributed by atoms with van der Waals surface area (Å²) in [5, 5.41) is 5.79. The molecule has 2 atom stereocenters. The Kier molecular flexibility index (Phi) is 4.76. The van der Waals surface area contributed by atoms with E-state index in [1.54, 1.807) is 7.05 Å². The van der Waals surface area contributed by atoms with Crippen molar-refractivity contribution in [3.05, 3.63) is 30.3 Å². The number of anilines is 1. The monoisotopic (exact) mass is 330 g/mol. The predicted molar refractivity (Wildman–Crippen MR) is 93.8 cm³/mol. The minimum Gasteiger partial charge on any atom is -0.341 e. The van der Waals surface area contributed by atoms with Gasteiger partial charge < -0.3 is 20.4 Å². The molecule has 0 saturated carbocycles. The van der Waals surface area contributed by atoms with Crippen molar-refractivity contribution >= 4 is 17.6 Å². The SMILES string of the molecule is CNC(=O)N1CC[C@H]2N(C)CC[C@@]2(C(=O)Nc2ccccc2)CC1. The molecule has 2 fully saturated rings. The molecule has 6 nitrogen and oxygen atoms in total. The number of nitrogens with zero attached hydrogens (tertiary/aromatic N) is 2. The maximum atomic E-state index is 13.2. The van der Waals surface area contributed by atoms with E-state index in [0.29, 0.717) is 19.5 Å². The van der Waals surface area contributed by atoms with Gasteiger partial charge in [0.25, 0.3) is 0 Å². The van der Waals surface area contributed by atoms with E-state index < -0.39 is 5.41 Å². The molecule has 0 unspecified atom stereocenters. The molecule has 1 aromatic rings. The van der Waals surface area contributed by atoms with Crippen LogP contribution >= 0.6 is 0 Å². The third kappa shape index (κ3) is 2.98. The summed E-state index contributed by atoms with van der Waals surface area (Å²) in [5.41, 5.74) is 0.408. The molecule has 0 aliphatic carbocycles. The van der Waals surface area contributed by atoms with Crippen LogP contribution in [-0.2, 0) is 4.79 Å². The van der Waals surface area contributed by atoms with Crippen molar-refractivity contribution in [2.75, 3.05) is 39.0 Å². The minimum atomic E-state index is -0.423. The van der Waals surface area contributed by atoms with Gasteiger partial charge in [-0.1, -0.05) is 18.2 Å². The van der Waals surface area contributed by atoms with Crippen LogP contribution in [0.5, 0.6) is 0 Å². The van der Waals surface area contributed by atoms with Crippen LogP contribution in [-0.4, -0.2) is 61.5 Å². The molecule has 2 heterocycles. The van der Waals surface area contributed by atoms with E-state index >= 15 is 0 Å². The number of fused-ring (bicyclic) bond motifs is 1. The smallest absolute Gasteiger partial charge is 0.317 e. The van der Waals surface area contributed by atoms with Crippen molar-refractivity contribution in [1.29, 1.82) is 0 Å². The van der Waals surface area contributed by atoms with Crippen molar-refractivity contribution < 1.29 is 9.59 Å². The molecule has 2 aliphatic rings. The number of urea groups is 1. The molecular formula is C18H26N4O2. The summed E-state index contributed by atoms with van der Waals surface area (Å²) in [5.74, 6) is 0.0850. The van der Waals surface area contributed by atoms with E-state index in [1.165, 1.54) is 0 Å². The Labute approximate surface area is 143 Å². The summed E-state index contributed by atoms with van der Waals surface area (Å²) in [7, 11) is 3.73. The lowest BCUT2D eigenvalue weighted by molar-refractivity contribution is -0.127. The molecule has 2 N–H and O–H groups in total. The summed E-state index contributed by atoms with van der Waals surface area (Å²) in [6, 6.07) is 9.73. The van der Waals surface area contributed by atoms with Crippen LogP contribution in [0, 0.1) is 5.41 Å². The highest BCUT2D eigenvalue weighted by Crippen LogP contribution is 2.43. The lowest BCUT2D eigenvalue weighted by atomic mass is 9.75. The Morgan fingerprint density at radius 1 is 1.12 bits per heavy atom. The van der Waals surface area contributed by atoms with Crippen molar-refractivity contribution in [2.45, 2.75) is 25.3 Å². The molecule has 3 amide bonds. The van der Waals surface area contributed by atoms with Crippen molar-refractivity contribution in [3.63, 3.8) is 0 Å². The first-order valence-corrected chi connectivity index (χ1v) is 8.60. The van der Waals surface area contributed by atoms with Crippen LogP contribution in [0.3, 0.4) is 0 Å². The van der Waals surface area contributed by atoms with Crippen LogP contribution < -0.4 is 10.6 Å². The Hall–Kier alpha value is -2.08. The van der Waals surface area contributed by atoms with Crippen LogP contribution in [0.1, 0.15) is 19.3 Å². The molecule has 2 aliphatic heterocycles. The van der Waals surface area contributed by atoms with Gasteiger partial charge in [0, 0.05) is 31.9 Å². The van der Waals surface area contributed by atoms with Gasteiger partial charge in [-0.3, -0.25) is 4.79 Å². The average molecular weight is 330 g/mol.